The predicted octanol–water partition coefficient (Wildman–Crippen LogP) is 2.55. The van der Waals surface area contributed by atoms with Gasteiger partial charge in [0.1, 0.15) is 0 Å². The van der Waals surface area contributed by atoms with Gasteiger partial charge in [-0.3, -0.25) is 9.59 Å². The minimum absolute atomic E-state index is 0.0597. The maximum absolute atomic E-state index is 12.1. The summed E-state index contributed by atoms with van der Waals surface area (Å²) in [5, 5.41) is 6.90. The number of carbonyl (C=O) groups excluding carboxylic acids is 2. The Labute approximate surface area is 128 Å². The zero-order valence-corrected chi connectivity index (χ0v) is 11.9. The highest BCUT2D eigenvalue weighted by molar-refractivity contribution is 6.06. The molecule has 2 amide bonds. The summed E-state index contributed by atoms with van der Waals surface area (Å²) >= 11 is 0. The molecule has 2 aromatic rings. The maximum Gasteiger partial charge on any atom is 0.255 e. The molecule has 0 aromatic heterocycles. The Morgan fingerprint density at radius 3 is 2.36 bits per heavy atom. The highest BCUT2D eigenvalue weighted by Crippen LogP contribution is 2.15. The molecule has 1 heterocycles. The lowest BCUT2D eigenvalue weighted by molar-refractivity contribution is -0.121. The lowest BCUT2D eigenvalue weighted by atomic mass is 10.0. The number of carbonyl (C=O) groups is 2. The van der Waals surface area contributed by atoms with Crippen molar-refractivity contribution in [3.8, 4) is 0 Å². The minimum Gasteiger partial charge on any atom is -0.322 e. The average Bonchev–Trinajstić information content (AvgIpc) is 2.57. The summed E-state index contributed by atoms with van der Waals surface area (Å²) in [6.45, 7) is 0. The number of anilines is 1. The van der Waals surface area contributed by atoms with Crippen LogP contribution in [0.3, 0.4) is 0 Å². The van der Waals surface area contributed by atoms with Crippen molar-refractivity contribution in [3.63, 3.8) is 0 Å². The van der Waals surface area contributed by atoms with Gasteiger partial charge in [-0.15, -0.1) is 0 Å². The van der Waals surface area contributed by atoms with Crippen LogP contribution in [0.1, 0.15) is 28.8 Å². The maximum atomic E-state index is 12.1. The number of hydrogen-bond acceptors (Lipinski definition) is 3. The SMILES string of the molecule is O=C1CCC(c2ccc(NC(=O)c3ccccc3)cc2)=NN1. The Morgan fingerprint density at radius 1 is 1.00 bits per heavy atom. The molecular weight excluding hydrogens is 278 g/mol. The number of amides is 2. The van der Waals surface area contributed by atoms with Crippen molar-refractivity contribution in [2.24, 2.45) is 5.10 Å². The smallest absolute Gasteiger partial charge is 0.255 e. The molecule has 0 saturated heterocycles. The highest BCUT2D eigenvalue weighted by atomic mass is 16.2. The third-order valence-electron chi connectivity index (χ3n) is 3.42. The number of nitrogens with zero attached hydrogens (tertiary/aromatic N) is 1. The lowest BCUT2D eigenvalue weighted by Gasteiger charge is -2.12. The molecule has 5 nitrogen and oxygen atoms in total. The first-order valence-corrected chi connectivity index (χ1v) is 7.04. The predicted molar refractivity (Wildman–Crippen MR) is 84.8 cm³/mol. The second-order valence-electron chi connectivity index (χ2n) is 4.99. The normalized spacial score (nSPS) is 14.0. The van der Waals surface area contributed by atoms with E-state index in [2.05, 4.69) is 15.8 Å². The van der Waals surface area contributed by atoms with Gasteiger partial charge in [0.25, 0.3) is 5.91 Å². The van der Waals surface area contributed by atoms with E-state index in [1.54, 1.807) is 12.1 Å². The van der Waals surface area contributed by atoms with Crippen LogP contribution in [0.2, 0.25) is 0 Å². The molecule has 1 aliphatic rings. The van der Waals surface area contributed by atoms with Gasteiger partial charge in [-0.1, -0.05) is 30.3 Å². The molecule has 0 saturated carbocycles. The Hall–Kier alpha value is -2.95. The monoisotopic (exact) mass is 293 g/mol. The highest BCUT2D eigenvalue weighted by Gasteiger charge is 2.13. The molecule has 2 N–H and O–H groups in total. The second-order valence-corrected chi connectivity index (χ2v) is 4.99. The van der Waals surface area contributed by atoms with E-state index in [0.717, 1.165) is 17.0 Å². The molecule has 2 aromatic carbocycles. The molecule has 110 valence electrons. The van der Waals surface area contributed by atoms with E-state index in [9.17, 15) is 9.59 Å². The van der Waals surface area contributed by atoms with Crippen LogP contribution >= 0.6 is 0 Å². The molecule has 1 aliphatic heterocycles. The zero-order chi connectivity index (χ0) is 15.4. The Morgan fingerprint density at radius 2 is 1.73 bits per heavy atom. The van der Waals surface area contributed by atoms with E-state index in [4.69, 9.17) is 0 Å². The van der Waals surface area contributed by atoms with Gasteiger partial charge in [-0.05, 0) is 29.8 Å². The van der Waals surface area contributed by atoms with Gasteiger partial charge in [-0.25, -0.2) is 5.43 Å². The van der Waals surface area contributed by atoms with Crippen molar-refractivity contribution in [2.75, 3.05) is 5.32 Å². The van der Waals surface area contributed by atoms with E-state index < -0.39 is 0 Å². The van der Waals surface area contributed by atoms with Crippen LogP contribution in [-0.4, -0.2) is 17.5 Å². The first-order valence-electron chi connectivity index (χ1n) is 7.04. The molecule has 22 heavy (non-hydrogen) atoms. The fourth-order valence-electron chi connectivity index (χ4n) is 2.22. The van der Waals surface area contributed by atoms with Crippen molar-refractivity contribution in [1.29, 1.82) is 0 Å². The van der Waals surface area contributed by atoms with E-state index in [0.29, 0.717) is 18.4 Å². The van der Waals surface area contributed by atoms with E-state index >= 15 is 0 Å². The summed E-state index contributed by atoms with van der Waals surface area (Å²) in [4.78, 5) is 23.1. The van der Waals surface area contributed by atoms with E-state index in [-0.39, 0.29) is 11.8 Å². The van der Waals surface area contributed by atoms with E-state index in [1.807, 2.05) is 42.5 Å². The summed E-state index contributed by atoms with van der Waals surface area (Å²) in [6, 6.07) is 16.5. The van der Waals surface area contributed by atoms with Crippen molar-refractivity contribution in [3.05, 3.63) is 65.7 Å². The van der Waals surface area contributed by atoms with Gasteiger partial charge in [-0.2, -0.15) is 5.10 Å². The summed E-state index contributed by atoms with van der Waals surface area (Å²) < 4.78 is 0. The number of rotatable bonds is 3. The Balaban J connectivity index is 1.70. The molecule has 0 aliphatic carbocycles. The topological polar surface area (TPSA) is 70.6 Å². The third kappa shape index (κ3) is 3.20. The van der Waals surface area contributed by atoms with Crippen molar-refractivity contribution >= 4 is 23.2 Å². The molecular formula is C17H15N3O2. The number of hydrazone groups is 1. The largest absolute Gasteiger partial charge is 0.322 e. The van der Waals surface area contributed by atoms with Crippen LogP contribution in [0.15, 0.2) is 59.7 Å². The Bertz CT molecular complexity index is 721. The lowest BCUT2D eigenvalue weighted by Crippen LogP contribution is -2.25. The van der Waals surface area contributed by atoms with Crippen LogP contribution in [0.5, 0.6) is 0 Å². The Kier molecular flexibility index (Phi) is 3.96. The minimum atomic E-state index is -0.143. The summed E-state index contributed by atoms with van der Waals surface area (Å²) in [5.41, 5.74) is 5.61. The first kappa shape index (κ1) is 14.0. The summed E-state index contributed by atoms with van der Waals surface area (Å²) in [5.74, 6) is -0.203. The van der Waals surface area contributed by atoms with Gasteiger partial charge >= 0.3 is 0 Å². The van der Waals surface area contributed by atoms with Gasteiger partial charge in [0, 0.05) is 24.1 Å². The molecule has 0 bridgehead atoms. The summed E-state index contributed by atoms with van der Waals surface area (Å²) in [6.07, 6.45) is 1.08. The summed E-state index contributed by atoms with van der Waals surface area (Å²) in [7, 11) is 0. The fraction of sp³-hybridized carbons (Fsp3) is 0.118. The van der Waals surface area contributed by atoms with Crippen molar-refractivity contribution in [1.82, 2.24) is 5.43 Å². The number of hydrogen-bond donors (Lipinski definition) is 2. The molecule has 0 fully saturated rings. The van der Waals surface area contributed by atoms with Gasteiger partial charge in [0.05, 0.1) is 5.71 Å². The number of benzene rings is 2. The second kappa shape index (κ2) is 6.22. The molecule has 0 spiro atoms. The zero-order valence-electron chi connectivity index (χ0n) is 11.9. The molecule has 0 atom stereocenters. The number of nitrogens with one attached hydrogen (secondary N) is 2. The van der Waals surface area contributed by atoms with Gasteiger partial charge < -0.3 is 5.32 Å². The molecule has 0 radical (unpaired) electrons. The molecule has 3 rings (SSSR count). The molecule has 0 unspecified atom stereocenters. The quantitative estimate of drug-likeness (QED) is 0.913. The van der Waals surface area contributed by atoms with Crippen molar-refractivity contribution < 1.29 is 9.59 Å². The van der Waals surface area contributed by atoms with Crippen LogP contribution in [0.25, 0.3) is 0 Å². The van der Waals surface area contributed by atoms with Crippen LogP contribution < -0.4 is 10.7 Å². The van der Waals surface area contributed by atoms with Crippen LogP contribution in [-0.2, 0) is 4.79 Å². The van der Waals surface area contributed by atoms with Gasteiger partial charge in [0.2, 0.25) is 5.91 Å². The van der Waals surface area contributed by atoms with Crippen LogP contribution in [0.4, 0.5) is 5.69 Å². The third-order valence-corrected chi connectivity index (χ3v) is 3.42. The standard InChI is InChI=1S/C17H15N3O2/c21-16-11-10-15(19-20-16)12-6-8-14(9-7-12)18-17(22)13-4-2-1-3-5-13/h1-9H,10-11H2,(H,18,22)(H,20,21). The van der Waals surface area contributed by atoms with E-state index in [1.165, 1.54) is 0 Å². The first-order chi connectivity index (χ1) is 10.7. The fourth-order valence-corrected chi connectivity index (χ4v) is 2.22. The van der Waals surface area contributed by atoms with Crippen LogP contribution in [0, 0.1) is 0 Å². The average molecular weight is 293 g/mol. The van der Waals surface area contributed by atoms with Crippen molar-refractivity contribution in [2.45, 2.75) is 12.8 Å². The molecule has 5 heteroatoms. The van der Waals surface area contributed by atoms with Gasteiger partial charge in [0.15, 0.2) is 0 Å².